The molecule has 1 saturated carbocycles. The van der Waals surface area contributed by atoms with Gasteiger partial charge in [-0.2, -0.15) is 5.10 Å². The first-order valence-electron chi connectivity index (χ1n) is 10.1. The first-order valence-corrected chi connectivity index (χ1v) is 10.1. The normalized spacial score (nSPS) is 23.9. The Balaban J connectivity index is 1.14. The van der Waals surface area contributed by atoms with Gasteiger partial charge in [-0.15, -0.1) is 0 Å². The maximum absolute atomic E-state index is 12.4. The van der Waals surface area contributed by atoms with Crippen molar-refractivity contribution in [3.05, 3.63) is 48.5 Å². The Morgan fingerprint density at radius 3 is 2.90 bits per heavy atom. The molecule has 1 amide bonds. The summed E-state index contributed by atoms with van der Waals surface area (Å²) in [5.41, 5.74) is 1.91. The Hall–Kier alpha value is -3.00. The van der Waals surface area contributed by atoms with Crippen molar-refractivity contribution in [1.29, 1.82) is 0 Å². The van der Waals surface area contributed by atoms with Gasteiger partial charge in [0.1, 0.15) is 18.7 Å². The van der Waals surface area contributed by atoms with Gasteiger partial charge in [0.15, 0.2) is 0 Å². The molecule has 0 spiro atoms. The highest BCUT2D eigenvalue weighted by atomic mass is 16.3. The fraction of sp³-hybridized carbons (Fsp3) is 0.429. The lowest BCUT2D eigenvalue weighted by atomic mass is 9.78. The van der Waals surface area contributed by atoms with E-state index in [9.17, 15) is 9.90 Å². The van der Waals surface area contributed by atoms with E-state index in [1.165, 1.54) is 0 Å². The number of rotatable bonds is 5. The van der Waals surface area contributed by atoms with Crippen molar-refractivity contribution in [1.82, 2.24) is 25.1 Å². The molecule has 2 N–H and O–H groups in total. The largest absolute Gasteiger partial charge is 0.391 e. The molecule has 0 unspecified atom stereocenters. The predicted octanol–water partition coefficient (Wildman–Crippen LogP) is 1.46. The standard InChI is InChI=1S/C21H24N6O2/c28-17-5-6-26(11-17)20-9-19(22-13-23-20)15-7-16(8-15)24-21(29)12-27-10-14-3-1-2-4-18(14)25-27/h1-4,9-10,13,15-17,28H,5-8,11-12H2,(H,24,29)/t15?,16?,17-/m1/s1. The molecule has 1 atom stereocenters. The van der Waals surface area contributed by atoms with E-state index in [4.69, 9.17) is 0 Å². The van der Waals surface area contributed by atoms with Gasteiger partial charge in [-0.25, -0.2) is 9.97 Å². The van der Waals surface area contributed by atoms with E-state index < -0.39 is 0 Å². The zero-order valence-electron chi connectivity index (χ0n) is 16.1. The maximum atomic E-state index is 12.4. The number of nitrogens with zero attached hydrogens (tertiary/aromatic N) is 5. The minimum Gasteiger partial charge on any atom is -0.391 e. The molecule has 1 saturated heterocycles. The van der Waals surface area contributed by atoms with Gasteiger partial charge in [-0.05, 0) is 25.3 Å². The number of carbonyl (C=O) groups is 1. The molecule has 0 radical (unpaired) electrons. The Bertz CT molecular complexity index is 996. The van der Waals surface area contributed by atoms with E-state index in [-0.39, 0.29) is 24.6 Å². The van der Waals surface area contributed by atoms with Crippen molar-refractivity contribution in [3.63, 3.8) is 0 Å². The second-order valence-corrected chi connectivity index (χ2v) is 8.01. The summed E-state index contributed by atoms with van der Waals surface area (Å²) in [6.45, 7) is 1.68. The lowest BCUT2D eigenvalue weighted by Gasteiger charge is -2.35. The molecular formula is C21H24N6O2. The molecule has 8 nitrogen and oxygen atoms in total. The van der Waals surface area contributed by atoms with Crippen molar-refractivity contribution < 1.29 is 9.90 Å². The van der Waals surface area contributed by atoms with Gasteiger partial charge in [0.05, 0.1) is 11.6 Å². The molecule has 5 rings (SSSR count). The highest BCUT2D eigenvalue weighted by Gasteiger charge is 2.33. The zero-order valence-corrected chi connectivity index (χ0v) is 16.1. The molecule has 3 aromatic rings. The number of benzene rings is 1. The molecule has 2 aromatic heterocycles. The van der Waals surface area contributed by atoms with Crippen molar-refractivity contribution >= 4 is 22.6 Å². The Labute approximate surface area is 168 Å². The average Bonchev–Trinajstić information content (AvgIpc) is 3.30. The van der Waals surface area contributed by atoms with E-state index in [0.717, 1.165) is 48.2 Å². The minimum absolute atomic E-state index is 0.0179. The summed E-state index contributed by atoms with van der Waals surface area (Å²) in [5, 5.41) is 18.3. The Morgan fingerprint density at radius 1 is 1.24 bits per heavy atom. The second kappa shape index (κ2) is 7.44. The van der Waals surface area contributed by atoms with E-state index in [2.05, 4.69) is 25.3 Å². The summed E-state index contributed by atoms with van der Waals surface area (Å²) < 4.78 is 1.69. The van der Waals surface area contributed by atoms with Gasteiger partial charge in [0.25, 0.3) is 0 Å². The van der Waals surface area contributed by atoms with E-state index in [1.807, 2.05) is 36.5 Å². The number of hydrogen-bond donors (Lipinski definition) is 2. The number of β-amino-alcohol motifs (C(OH)–C–C–N with tert-alkyl or cyclic N) is 1. The molecule has 150 valence electrons. The summed E-state index contributed by atoms with van der Waals surface area (Å²) in [5.74, 6) is 1.20. The second-order valence-electron chi connectivity index (χ2n) is 8.01. The number of hydrogen-bond acceptors (Lipinski definition) is 6. The van der Waals surface area contributed by atoms with Crippen LogP contribution in [0.15, 0.2) is 42.9 Å². The highest BCUT2D eigenvalue weighted by Crippen LogP contribution is 2.36. The number of nitrogens with one attached hydrogen (secondary N) is 1. The molecular weight excluding hydrogens is 368 g/mol. The number of aromatic nitrogens is 4. The average molecular weight is 392 g/mol. The SMILES string of the molecule is O=C(Cn1cc2ccccc2n1)NC1CC(c2cc(N3CC[C@@H](O)C3)ncn2)C1. The number of carbonyl (C=O) groups excluding carboxylic acids is 1. The molecule has 0 bridgehead atoms. The van der Waals surface area contributed by atoms with Crippen molar-refractivity contribution in [2.24, 2.45) is 0 Å². The van der Waals surface area contributed by atoms with Crippen LogP contribution in [-0.4, -0.2) is 56.0 Å². The van der Waals surface area contributed by atoms with Crippen LogP contribution in [-0.2, 0) is 11.3 Å². The van der Waals surface area contributed by atoms with Crippen LogP contribution in [0.5, 0.6) is 0 Å². The van der Waals surface area contributed by atoms with Gasteiger partial charge in [-0.3, -0.25) is 9.48 Å². The van der Waals surface area contributed by atoms with E-state index in [0.29, 0.717) is 12.5 Å². The highest BCUT2D eigenvalue weighted by molar-refractivity contribution is 5.80. The predicted molar refractivity (Wildman–Crippen MR) is 109 cm³/mol. The number of fused-ring (bicyclic) bond motifs is 1. The summed E-state index contributed by atoms with van der Waals surface area (Å²) in [6, 6.07) is 10.0. The van der Waals surface area contributed by atoms with Crippen LogP contribution in [0.25, 0.3) is 10.9 Å². The number of aliphatic hydroxyl groups excluding tert-OH is 1. The van der Waals surface area contributed by atoms with Crippen LogP contribution < -0.4 is 10.2 Å². The summed E-state index contributed by atoms with van der Waals surface area (Å²) in [6.07, 6.45) is 5.77. The third kappa shape index (κ3) is 3.80. The quantitative estimate of drug-likeness (QED) is 0.682. The Kier molecular flexibility index (Phi) is 4.63. The van der Waals surface area contributed by atoms with Gasteiger partial charge >= 0.3 is 0 Å². The summed E-state index contributed by atoms with van der Waals surface area (Å²) in [4.78, 5) is 23.2. The number of amides is 1. The number of aliphatic hydroxyl groups is 1. The molecule has 2 fully saturated rings. The molecule has 2 aliphatic rings. The first-order chi connectivity index (χ1) is 14.1. The number of anilines is 1. The zero-order chi connectivity index (χ0) is 19.8. The lowest BCUT2D eigenvalue weighted by molar-refractivity contribution is -0.123. The first kappa shape index (κ1) is 18.1. The summed E-state index contributed by atoms with van der Waals surface area (Å²) in [7, 11) is 0. The van der Waals surface area contributed by atoms with Crippen LogP contribution in [0.2, 0.25) is 0 Å². The van der Waals surface area contributed by atoms with E-state index >= 15 is 0 Å². The molecule has 29 heavy (non-hydrogen) atoms. The third-order valence-electron chi connectivity index (χ3n) is 5.85. The van der Waals surface area contributed by atoms with Crippen LogP contribution in [0.4, 0.5) is 5.82 Å². The van der Waals surface area contributed by atoms with Crippen LogP contribution >= 0.6 is 0 Å². The molecule has 3 heterocycles. The van der Waals surface area contributed by atoms with Gasteiger partial charge < -0.3 is 15.3 Å². The lowest BCUT2D eigenvalue weighted by Crippen LogP contribution is -2.44. The minimum atomic E-state index is -0.274. The molecule has 1 aromatic carbocycles. The summed E-state index contributed by atoms with van der Waals surface area (Å²) >= 11 is 0. The van der Waals surface area contributed by atoms with E-state index in [1.54, 1.807) is 11.0 Å². The maximum Gasteiger partial charge on any atom is 0.241 e. The van der Waals surface area contributed by atoms with Crippen molar-refractivity contribution in [3.8, 4) is 0 Å². The van der Waals surface area contributed by atoms with Crippen LogP contribution in [0.3, 0.4) is 0 Å². The van der Waals surface area contributed by atoms with Gasteiger partial charge in [0, 0.05) is 48.4 Å². The monoisotopic (exact) mass is 392 g/mol. The molecule has 1 aliphatic heterocycles. The smallest absolute Gasteiger partial charge is 0.241 e. The van der Waals surface area contributed by atoms with Gasteiger partial charge in [0.2, 0.25) is 5.91 Å². The Morgan fingerprint density at radius 2 is 2.10 bits per heavy atom. The van der Waals surface area contributed by atoms with Crippen LogP contribution in [0.1, 0.15) is 30.9 Å². The third-order valence-corrected chi connectivity index (χ3v) is 5.85. The van der Waals surface area contributed by atoms with Crippen molar-refractivity contribution in [2.75, 3.05) is 18.0 Å². The van der Waals surface area contributed by atoms with Crippen LogP contribution in [0, 0.1) is 0 Å². The fourth-order valence-electron chi connectivity index (χ4n) is 4.20. The van der Waals surface area contributed by atoms with Gasteiger partial charge in [-0.1, -0.05) is 18.2 Å². The fourth-order valence-corrected chi connectivity index (χ4v) is 4.20. The molecule has 8 heteroatoms. The molecule has 1 aliphatic carbocycles. The van der Waals surface area contributed by atoms with Crippen molar-refractivity contribution in [2.45, 2.75) is 43.9 Å². The topological polar surface area (TPSA) is 96.2 Å².